The van der Waals surface area contributed by atoms with Crippen molar-refractivity contribution in [2.45, 2.75) is 20.0 Å². The molecule has 28 heavy (non-hydrogen) atoms. The van der Waals surface area contributed by atoms with E-state index in [0.29, 0.717) is 18.7 Å². The molecule has 1 heterocycles. The lowest BCUT2D eigenvalue weighted by atomic mass is 10.1. The van der Waals surface area contributed by atoms with E-state index in [1.165, 1.54) is 35.0 Å². The molecule has 3 nitrogen and oxygen atoms in total. The van der Waals surface area contributed by atoms with Crippen LogP contribution in [-0.4, -0.2) is 37.0 Å². The van der Waals surface area contributed by atoms with Crippen molar-refractivity contribution in [1.29, 1.82) is 0 Å². The summed E-state index contributed by atoms with van der Waals surface area (Å²) >= 11 is 0. The molecule has 0 spiro atoms. The van der Waals surface area contributed by atoms with Crippen LogP contribution in [0.25, 0.3) is 6.08 Å². The summed E-state index contributed by atoms with van der Waals surface area (Å²) < 4.78 is 38.4. The van der Waals surface area contributed by atoms with E-state index in [9.17, 15) is 18.0 Å². The number of anilines is 1. The number of hydrogen-bond acceptors (Lipinski definition) is 2. The van der Waals surface area contributed by atoms with Gasteiger partial charge in [-0.25, -0.2) is 0 Å². The molecule has 1 aliphatic rings. The summed E-state index contributed by atoms with van der Waals surface area (Å²) in [7, 11) is 0. The number of alkyl halides is 3. The van der Waals surface area contributed by atoms with Gasteiger partial charge in [0.1, 0.15) is 0 Å². The second kappa shape index (κ2) is 8.09. The molecule has 1 saturated heterocycles. The van der Waals surface area contributed by atoms with E-state index in [1.54, 1.807) is 11.0 Å². The SMILES string of the molecule is Cc1cccc(N2CCN(C(=O)C=Cc3cccc(C(F)(F)F)c3)CC2)c1C. The molecule has 2 aromatic carbocycles. The standard InChI is InChI=1S/C22H23F3N2O/c1-16-5-3-8-20(17(16)2)26-11-13-27(14-12-26)21(28)10-9-18-6-4-7-19(15-18)22(23,24)25/h3-10,15H,11-14H2,1-2H3. The second-order valence-electron chi connectivity index (χ2n) is 6.99. The van der Waals surface area contributed by atoms with Crippen LogP contribution in [-0.2, 0) is 11.0 Å². The third-order valence-electron chi connectivity index (χ3n) is 5.14. The summed E-state index contributed by atoms with van der Waals surface area (Å²) in [5.41, 5.74) is 3.31. The first-order valence-electron chi connectivity index (χ1n) is 9.21. The number of rotatable bonds is 3. The van der Waals surface area contributed by atoms with Crippen molar-refractivity contribution in [2.24, 2.45) is 0 Å². The van der Waals surface area contributed by atoms with Crippen LogP contribution in [0.2, 0.25) is 0 Å². The Kier molecular flexibility index (Phi) is 5.77. The Hall–Kier alpha value is -2.76. The van der Waals surface area contributed by atoms with Crippen LogP contribution in [0.4, 0.5) is 18.9 Å². The Morgan fingerprint density at radius 3 is 2.36 bits per heavy atom. The monoisotopic (exact) mass is 388 g/mol. The highest BCUT2D eigenvalue weighted by molar-refractivity contribution is 5.92. The maximum Gasteiger partial charge on any atom is 0.416 e. The Labute approximate surface area is 163 Å². The number of aryl methyl sites for hydroxylation is 1. The highest BCUT2D eigenvalue weighted by atomic mass is 19.4. The van der Waals surface area contributed by atoms with Gasteiger partial charge in [-0.2, -0.15) is 13.2 Å². The summed E-state index contributed by atoms with van der Waals surface area (Å²) in [4.78, 5) is 16.4. The normalized spacial score (nSPS) is 15.3. The van der Waals surface area contributed by atoms with Crippen LogP contribution in [0.5, 0.6) is 0 Å². The molecule has 148 valence electrons. The minimum Gasteiger partial charge on any atom is -0.368 e. The van der Waals surface area contributed by atoms with Gasteiger partial charge in [-0.3, -0.25) is 4.79 Å². The third-order valence-corrected chi connectivity index (χ3v) is 5.14. The fourth-order valence-corrected chi connectivity index (χ4v) is 3.34. The molecule has 0 unspecified atom stereocenters. The first-order chi connectivity index (χ1) is 13.3. The Morgan fingerprint density at radius 1 is 1.00 bits per heavy atom. The number of benzene rings is 2. The molecule has 0 atom stereocenters. The highest BCUT2D eigenvalue weighted by Crippen LogP contribution is 2.29. The fourth-order valence-electron chi connectivity index (χ4n) is 3.34. The number of nitrogens with zero attached hydrogens (tertiary/aromatic N) is 2. The highest BCUT2D eigenvalue weighted by Gasteiger charge is 2.30. The molecule has 1 amide bonds. The first kappa shape index (κ1) is 20.0. The van der Waals surface area contributed by atoms with E-state index >= 15 is 0 Å². The van der Waals surface area contributed by atoms with Gasteiger partial charge in [0.25, 0.3) is 0 Å². The zero-order chi connectivity index (χ0) is 20.3. The number of halogens is 3. The molecule has 1 fully saturated rings. The summed E-state index contributed by atoms with van der Waals surface area (Å²) in [5.74, 6) is -0.182. The maximum atomic E-state index is 12.8. The lowest BCUT2D eigenvalue weighted by molar-refractivity contribution is -0.137. The summed E-state index contributed by atoms with van der Waals surface area (Å²) in [6, 6.07) is 11.2. The smallest absolute Gasteiger partial charge is 0.368 e. The Balaban J connectivity index is 1.61. The van der Waals surface area contributed by atoms with Gasteiger partial charge in [0, 0.05) is 37.9 Å². The van der Waals surface area contributed by atoms with Crippen LogP contribution in [0.1, 0.15) is 22.3 Å². The van der Waals surface area contributed by atoms with Gasteiger partial charge in [-0.05, 0) is 54.8 Å². The Bertz CT molecular complexity index is 882. The van der Waals surface area contributed by atoms with E-state index in [4.69, 9.17) is 0 Å². The number of amides is 1. The lowest BCUT2D eigenvalue weighted by Gasteiger charge is -2.36. The van der Waals surface area contributed by atoms with Crippen LogP contribution in [0.15, 0.2) is 48.5 Å². The van der Waals surface area contributed by atoms with Crippen molar-refractivity contribution < 1.29 is 18.0 Å². The number of hydrogen-bond donors (Lipinski definition) is 0. The average Bonchev–Trinajstić information content (AvgIpc) is 2.68. The van der Waals surface area contributed by atoms with Crippen molar-refractivity contribution in [3.8, 4) is 0 Å². The van der Waals surface area contributed by atoms with Gasteiger partial charge in [-0.1, -0.05) is 24.3 Å². The van der Waals surface area contributed by atoms with E-state index in [2.05, 4.69) is 30.9 Å². The molecule has 1 aliphatic heterocycles. The van der Waals surface area contributed by atoms with Crippen molar-refractivity contribution in [3.05, 3.63) is 70.8 Å². The summed E-state index contributed by atoms with van der Waals surface area (Å²) in [6.45, 7) is 6.80. The molecule has 0 saturated carbocycles. The zero-order valence-corrected chi connectivity index (χ0v) is 16.0. The minimum absolute atomic E-state index is 0.182. The third kappa shape index (κ3) is 4.55. The van der Waals surface area contributed by atoms with Gasteiger partial charge >= 0.3 is 6.18 Å². The van der Waals surface area contributed by atoms with Crippen molar-refractivity contribution >= 4 is 17.7 Å². The maximum absolute atomic E-state index is 12.8. The molecule has 0 N–H and O–H groups in total. The quantitative estimate of drug-likeness (QED) is 0.713. The molecule has 0 aliphatic carbocycles. The van der Waals surface area contributed by atoms with Crippen LogP contribution in [0.3, 0.4) is 0 Å². The predicted molar refractivity (Wildman–Crippen MR) is 105 cm³/mol. The van der Waals surface area contributed by atoms with Gasteiger partial charge in [0.05, 0.1) is 5.56 Å². The van der Waals surface area contributed by atoms with Gasteiger partial charge < -0.3 is 9.80 Å². The molecule has 3 rings (SSSR count). The van der Waals surface area contributed by atoms with Crippen LogP contribution >= 0.6 is 0 Å². The average molecular weight is 388 g/mol. The van der Waals surface area contributed by atoms with E-state index in [-0.39, 0.29) is 5.91 Å². The van der Waals surface area contributed by atoms with E-state index in [1.807, 2.05) is 6.07 Å². The minimum atomic E-state index is -4.39. The first-order valence-corrected chi connectivity index (χ1v) is 9.21. The number of carbonyl (C=O) groups excluding carboxylic acids is 1. The topological polar surface area (TPSA) is 23.6 Å². The van der Waals surface area contributed by atoms with Crippen molar-refractivity contribution in [2.75, 3.05) is 31.1 Å². The second-order valence-corrected chi connectivity index (χ2v) is 6.99. The van der Waals surface area contributed by atoms with Crippen LogP contribution in [0, 0.1) is 13.8 Å². The van der Waals surface area contributed by atoms with Gasteiger partial charge in [0.15, 0.2) is 0 Å². The van der Waals surface area contributed by atoms with E-state index < -0.39 is 11.7 Å². The number of piperazine rings is 1. The lowest BCUT2D eigenvalue weighted by Crippen LogP contribution is -2.48. The van der Waals surface area contributed by atoms with E-state index in [0.717, 1.165) is 25.2 Å². The predicted octanol–water partition coefficient (Wildman–Crippen LogP) is 4.68. The Morgan fingerprint density at radius 2 is 1.68 bits per heavy atom. The molecule has 0 radical (unpaired) electrons. The van der Waals surface area contributed by atoms with Gasteiger partial charge in [0.2, 0.25) is 5.91 Å². The molecular formula is C22H23F3N2O. The van der Waals surface area contributed by atoms with Crippen LogP contribution < -0.4 is 4.90 Å². The number of carbonyl (C=O) groups is 1. The molecule has 2 aromatic rings. The molecule has 0 aromatic heterocycles. The summed E-state index contributed by atoms with van der Waals surface area (Å²) in [6.07, 6.45) is -1.60. The van der Waals surface area contributed by atoms with Crippen molar-refractivity contribution in [1.82, 2.24) is 4.90 Å². The summed E-state index contributed by atoms with van der Waals surface area (Å²) in [5, 5.41) is 0. The largest absolute Gasteiger partial charge is 0.416 e. The molecule has 6 heteroatoms. The van der Waals surface area contributed by atoms with Gasteiger partial charge in [-0.15, -0.1) is 0 Å². The molecule has 0 bridgehead atoms. The van der Waals surface area contributed by atoms with Crippen molar-refractivity contribution in [3.63, 3.8) is 0 Å². The molecular weight excluding hydrogens is 365 g/mol. The zero-order valence-electron chi connectivity index (χ0n) is 16.0. The fraction of sp³-hybridized carbons (Fsp3) is 0.318.